The second kappa shape index (κ2) is 10.0. The Morgan fingerprint density at radius 1 is 1.08 bits per heavy atom. The third-order valence-corrected chi connectivity index (χ3v) is 5.66. The topological polar surface area (TPSA) is 111 Å². The fourth-order valence-corrected chi connectivity index (χ4v) is 3.97. The number of rotatable bonds is 5. The van der Waals surface area contributed by atoms with Crippen LogP contribution >= 0.6 is 0 Å². The number of nitriles is 2. The summed E-state index contributed by atoms with van der Waals surface area (Å²) >= 11 is 0. The number of aromatic nitrogens is 3. The van der Waals surface area contributed by atoms with E-state index in [-0.39, 0.29) is 34.5 Å². The molecule has 0 aliphatic rings. The smallest absolute Gasteiger partial charge is 0.360 e. The molecule has 1 amide bonds. The normalized spacial score (nSPS) is 12.4. The summed E-state index contributed by atoms with van der Waals surface area (Å²) in [5, 5.41) is 25.4. The van der Waals surface area contributed by atoms with Crippen LogP contribution in [0.2, 0.25) is 0 Å². The largest absolute Gasteiger partial charge is 0.416 e. The zero-order valence-electron chi connectivity index (χ0n) is 20.3. The number of benzene rings is 1. The van der Waals surface area contributed by atoms with Crippen molar-refractivity contribution in [1.82, 2.24) is 20.1 Å². The fraction of sp³-hybridized carbons (Fsp3) is 0.292. The summed E-state index contributed by atoms with van der Waals surface area (Å²) in [5.74, 6) is -2.59. The lowest BCUT2D eigenvalue weighted by molar-refractivity contribution is -0.143. The Balaban J connectivity index is 2.47. The van der Waals surface area contributed by atoms with Gasteiger partial charge in [0.25, 0.3) is 5.91 Å². The second-order valence-corrected chi connectivity index (χ2v) is 8.30. The number of alkyl halides is 6. The quantitative estimate of drug-likeness (QED) is 0.478. The van der Waals surface area contributed by atoms with Gasteiger partial charge in [-0.15, -0.1) is 5.10 Å². The van der Waals surface area contributed by atoms with E-state index in [1.54, 1.807) is 0 Å². The molecule has 0 aliphatic carbocycles. The fourth-order valence-electron chi connectivity index (χ4n) is 3.97. The number of hydrogen-bond acceptors (Lipinski definition) is 6. The van der Waals surface area contributed by atoms with Crippen LogP contribution in [0.1, 0.15) is 56.7 Å². The first-order chi connectivity index (χ1) is 17.6. The molecule has 0 aliphatic heterocycles. The van der Waals surface area contributed by atoms with E-state index >= 15 is 0 Å². The zero-order valence-corrected chi connectivity index (χ0v) is 20.3. The molecule has 2 heterocycles. The summed E-state index contributed by atoms with van der Waals surface area (Å²) in [6.07, 6.45) is -9.28. The van der Waals surface area contributed by atoms with Gasteiger partial charge in [0.1, 0.15) is 17.7 Å². The van der Waals surface area contributed by atoms with Crippen molar-refractivity contribution >= 4 is 11.7 Å². The van der Waals surface area contributed by atoms with Crippen molar-refractivity contribution in [1.29, 1.82) is 10.5 Å². The third-order valence-electron chi connectivity index (χ3n) is 5.66. The molecule has 1 aromatic carbocycles. The van der Waals surface area contributed by atoms with E-state index < -0.39 is 46.4 Å². The van der Waals surface area contributed by atoms with Crippen LogP contribution < -0.4 is 10.2 Å². The number of carbonyl (C=O) groups is 1. The Morgan fingerprint density at radius 2 is 1.74 bits per heavy atom. The molecule has 0 fully saturated rings. The van der Waals surface area contributed by atoms with Gasteiger partial charge in [-0.25, -0.2) is 9.67 Å². The van der Waals surface area contributed by atoms with Crippen LogP contribution in [0.4, 0.5) is 32.2 Å². The monoisotopic (exact) mass is 535 g/mol. The number of nitrogens with zero attached hydrogens (tertiary/aromatic N) is 6. The second-order valence-electron chi connectivity index (χ2n) is 8.30. The van der Waals surface area contributed by atoms with Crippen molar-refractivity contribution in [3.8, 4) is 18.0 Å². The first kappa shape index (κ1) is 28.0. The Kier molecular flexibility index (Phi) is 7.40. The molecule has 1 N–H and O–H groups in total. The van der Waals surface area contributed by atoms with Crippen LogP contribution in [0.5, 0.6) is 0 Å². The highest BCUT2D eigenvalue weighted by molar-refractivity contribution is 5.96. The number of amides is 1. The molecule has 0 saturated carbocycles. The van der Waals surface area contributed by atoms with Crippen molar-refractivity contribution in [3.63, 3.8) is 0 Å². The Hall–Kier alpha value is -4.59. The number of halogens is 6. The van der Waals surface area contributed by atoms with Gasteiger partial charge in [-0.3, -0.25) is 4.79 Å². The molecule has 14 heteroatoms. The lowest BCUT2D eigenvalue weighted by atomic mass is 9.85. The van der Waals surface area contributed by atoms with E-state index in [4.69, 9.17) is 5.26 Å². The molecule has 8 nitrogen and oxygen atoms in total. The number of pyridine rings is 1. The molecule has 1 atom stereocenters. The van der Waals surface area contributed by atoms with E-state index in [0.717, 1.165) is 11.7 Å². The van der Waals surface area contributed by atoms with Gasteiger partial charge in [-0.05, 0) is 29.8 Å². The number of nitrogens with one attached hydrogen (secondary N) is 1. The van der Waals surface area contributed by atoms with Gasteiger partial charge in [0, 0.05) is 38.8 Å². The maximum atomic E-state index is 14.2. The maximum Gasteiger partial charge on any atom is 0.416 e. The molecule has 1 unspecified atom stereocenters. The Bertz CT molecular complexity index is 1460. The van der Waals surface area contributed by atoms with Gasteiger partial charge in [-0.2, -0.15) is 36.9 Å². The van der Waals surface area contributed by atoms with E-state index in [9.17, 15) is 36.4 Å². The molecule has 2 aromatic heterocycles. The number of carbonyl (C=O) groups excluding carboxylic acids is 1. The van der Waals surface area contributed by atoms with Crippen LogP contribution in [0, 0.1) is 22.7 Å². The SMILES string of the molecule is CNC(=O)c1cc(C(F)(F)F)cc(C(F)(F)F)c1C(C)c1c(C#N)c(N(C)C)nn1-c1ccc(C#N)cn1. The standard InChI is InChI=1S/C24H19F6N7O/c1-12(19-15(22(38)33-2)7-14(23(25,26)27)8-17(19)24(28,29)30)20-16(10-32)21(36(3)4)35-37(20)18-6-5-13(9-31)11-34-18/h5-8,11-12H,1-4H3,(H,33,38). The predicted molar refractivity (Wildman–Crippen MR) is 122 cm³/mol. The van der Waals surface area contributed by atoms with Crippen molar-refractivity contribution in [2.75, 3.05) is 26.0 Å². The molecular weight excluding hydrogens is 516 g/mol. The molecular formula is C24H19F6N7O. The van der Waals surface area contributed by atoms with E-state index in [0.29, 0.717) is 6.07 Å². The highest BCUT2D eigenvalue weighted by Gasteiger charge is 2.42. The average Bonchev–Trinajstić information content (AvgIpc) is 3.26. The predicted octanol–water partition coefficient (Wildman–Crippen LogP) is 4.63. The summed E-state index contributed by atoms with van der Waals surface area (Å²) < 4.78 is 84.3. The Labute approximate surface area is 212 Å². The summed E-state index contributed by atoms with van der Waals surface area (Å²) in [5.41, 5.74) is -5.13. The van der Waals surface area contributed by atoms with Gasteiger partial charge in [0.2, 0.25) is 0 Å². The van der Waals surface area contributed by atoms with Gasteiger partial charge >= 0.3 is 12.4 Å². The summed E-state index contributed by atoms with van der Waals surface area (Å²) in [6.45, 7) is 1.22. The number of anilines is 1. The van der Waals surface area contributed by atoms with Gasteiger partial charge < -0.3 is 10.2 Å². The zero-order chi connectivity index (χ0) is 28.6. The van der Waals surface area contributed by atoms with Crippen LogP contribution in [0.3, 0.4) is 0 Å². The summed E-state index contributed by atoms with van der Waals surface area (Å²) in [7, 11) is 4.13. The summed E-state index contributed by atoms with van der Waals surface area (Å²) in [6, 6.07) is 6.77. The first-order valence-corrected chi connectivity index (χ1v) is 10.8. The van der Waals surface area contributed by atoms with Crippen molar-refractivity contribution in [2.24, 2.45) is 0 Å². The van der Waals surface area contributed by atoms with E-state index in [2.05, 4.69) is 15.4 Å². The highest BCUT2D eigenvalue weighted by atomic mass is 19.4. The van der Waals surface area contributed by atoms with Crippen LogP contribution in [0.25, 0.3) is 5.82 Å². The molecule has 0 saturated heterocycles. The van der Waals surface area contributed by atoms with E-state index in [1.165, 1.54) is 44.2 Å². The molecule has 198 valence electrons. The molecule has 0 spiro atoms. The molecule has 3 rings (SSSR count). The molecule has 0 bridgehead atoms. The lowest BCUT2D eigenvalue weighted by Gasteiger charge is -2.24. The van der Waals surface area contributed by atoms with Gasteiger partial charge in [-0.1, -0.05) is 6.92 Å². The Morgan fingerprint density at radius 3 is 2.18 bits per heavy atom. The van der Waals surface area contributed by atoms with Crippen LogP contribution in [-0.4, -0.2) is 41.8 Å². The highest BCUT2D eigenvalue weighted by Crippen LogP contribution is 2.44. The average molecular weight is 535 g/mol. The minimum atomic E-state index is -5.29. The molecule has 0 radical (unpaired) electrons. The van der Waals surface area contributed by atoms with Crippen molar-refractivity contribution < 1.29 is 31.1 Å². The minimum absolute atomic E-state index is 0.0254. The van der Waals surface area contributed by atoms with Gasteiger partial charge in [0.15, 0.2) is 11.6 Å². The molecule has 3 aromatic rings. The molecule has 38 heavy (non-hydrogen) atoms. The van der Waals surface area contributed by atoms with Crippen LogP contribution in [-0.2, 0) is 12.4 Å². The number of hydrogen-bond donors (Lipinski definition) is 1. The third kappa shape index (κ3) is 5.11. The maximum absolute atomic E-state index is 14.2. The van der Waals surface area contributed by atoms with Crippen molar-refractivity contribution in [2.45, 2.75) is 25.2 Å². The van der Waals surface area contributed by atoms with Gasteiger partial charge in [0.05, 0.1) is 22.4 Å². The lowest BCUT2D eigenvalue weighted by Crippen LogP contribution is -2.26. The van der Waals surface area contributed by atoms with Crippen LogP contribution in [0.15, 0.2) is 30.5 Å². The van der Waals surface area contributed by atoms with E-state index in [1.807, 2.05) is 12.1 Å². The van der Waals surface area contributed by atoms with Crippen molar-refractivity contribution in [3.05, 3.63) is 69.5 Å². The minimum Gasteiger partial charge on any atom is -0.360 e. The first-order valence-electron chi connectivity index (χ1n) is 10.8. The summed E-state index contributed by atoms with van der Waals surface area (Å²) in [4.78, 5) is 18.2.